The van der Waals surface area contributed by atoms with Crippen LogP contribution in [0.4, 0.5) is 4.39 Å². The van der Waals surface area contributed by atoms with Crippen LogP contribution in [0.25, 0.3) is 21.3 Å². The van der Waals surface area contributed by atoms with Crippen LogP contribution in [0.1, 0.15) is 19.3 Å². The minimum Gasteiger partial charge on any atom is -0.353 e. The summed E-state index contributed by atoms with van der Waals surface area (Å²) in [5.41, 5.74) is 1.94. The topological polar surface area (TPSA) is 66.9 Å². The molecule has 0 saturated carbocycles. The van der Waals surface area contributed by atoms with Crippen LogP contribution >= 0.6 is 23.1 Å². The molecule has 0 radical (unpaired) electrons. The summed E-state index contributed by atoms with van der Waals surface area (Å²) in [7, 11) is 0. The van der Waals surface area contributed by atoms with E-state index in [0.717, 1.165) is 52.3 Å². The second kappa shape index (κ2) is 8.98. The van der Waals surface area contributed by atoms with Crippen molar-refractivity contribution in [1.29, 1.82) is 0 Å². The van der Waals surface area contributed by atoms with Gasteiger partial charge in [0.25, 0.3) is 0 Å². The Balaban J connectivity index is 1.44. The second-order valence-corrected chi connectivity index (χ2v) is 8.65. The molecule has 0 bridgehead atoms. The number of piperidine rings is 1. The van der Waals surface area contributed by atoms with Crippen LogP contribution in [-0.2, 0) is 4.79 Å². The Morgan fingerprint density at radius 2 is 2.04 bits per heavy atom. The average Bonchev–Trinajstić information content (AvgIpc) is 3.14. The quantitative estimate of drug-likeness (QED) is 0.472. The van der Waals surface area contributed by atoms with Crippen LogP contribution in [0.2, 0.25) is 0 Å². The van der Waals surface area contributed by atoms with Gasteiger partial charge in [-0.3, -0.25) is 4.79 Å². The van der Waals surface area contributed by atoms with Crippen molar-refractivity contribution in [2.45, 2.75) is 30.3 Å². The summed E-state index contributed by atoms with van der Waals surface area (Å²) in [4.78, 5) is 21.9. The molecule has 2 aromatic heterocycles. The van der Waals surface area contributed by atoms with Crippen molar-refractivity contribution in [3.05, 3.63) is 41.8 Å². The Morgan fingerprint density at radius 3 is 2.82 bits per heavy atom. The molecule has 0 aliphatic carbocycles. The van der Waals surface area contributed by atoms with E-state index in [9.17, 15) is 9.18 Å². The van der Waals surface area contributed by atoms with Gasteiger partial charge in [0.05, 0.1) is 5.39 Å². The zero-order valence-electron chi connectivity index (χ0n) is 15.3. The number of aromatic nitrogens is 2. The van der Waals surface area contributed by atoms with E-state index >= 15 is 0 Å². The number of thioether (sulfide) groups is 1. The zero-order chi connectivity index (χ0) is 19.3. The molecule has 146 valence electrons. The van der Waals surface area contributed by atoms with Crippen LogP contribution in [0, 0.1) is 5.82 Å². The van der Waals surface area contributed by atoms with Gasteiger partial charge in [-0.05, 0) is 43.6 Å². The SMILES string of the molecule is O=C(CCSc1ncnc2scc(-c3ccc(F)cc3)c12)NC1CCNCC1. The Kier molecular flexibility index (Phi) is 6.19. The molecule has 1 aromatic carbocycles. The number of hydrogen-bond donors (Lipinski definition) is 2. The number of benzene rings is 1. The van der Waals surface area contributed by atoms with Crippen LogP contribution in [0.15, 0.2) is 41.0 Å². The third kappa shape index (κ3) is 4.51. The zero-order valence-corrected chi connectivity index (χ0v) is 16.9. The number of nitrogens with one attached hydrogen (secondary N) is 2. The molecule has 0 unspecified atom stereocenters. The highest BCUT2D eigenvalue weighted by Crippen LogP contribution is 2.37. The summed E-state index contributed by atoms with van der Waals surface area (Å²) in [5.74, 6) is 0.490. The number of rotatable bonds is 6. The lowest BCUT2D eigenvalue weighted by molar-refractivity contribution is -0.121. The molecule has 3 heterocycles. The molecule has 0 spiro atoms. The lowest BCUT2D eigenvalue weighted by Gasteiger charge is -2.23. The Bertz CT molecular complexity index is 954. The number of hydrogen-bond acceptors (Lipinski definition) is 6. The van der Waals surface area contributed by atoms with Crippen LogP contribution < -0.4 is 10.6 Å². The number of thiophene rings is 1. The minimum atomic E-state index is -0.256. The first kappa shape index (κ1) is 19.3. The van der Waals surface area contributed by atoms with Gasteiger partial charge in [0.2, 0.25) is 5.91 Å². The van der Waals surface area contributed by atoms with Crippen LogP contribution in [0.5, 0.6) is 0 Å². The predicted octanol–water partition coefficient (Wildman–Crippen LogP) is 3.85. The number of halogens is 1. The van der Waals surface area contributed by atoms with Gasteiger partial charge in [0, 0.05) is 29.2 Å². The Labute approximate surface area is 171 Å². The molecule has 28 heavy (non-hydrogen) atoms. The highest BCUT2D eigenvalue weighted by atomic mass is 32.2. The molecular formula is C20H21FN4OS2. The second-order valence-electron chi connectivity index (χ2n) is 6.71. The van der Waals surface area contributed by atoms with Gasteiger partial charge in [0.15, 0.2) is 0 Å². The summed E-state index contributed by atoms with van der Waals surface area (Å²) in [6.45, 7) is 1.92. The fourth-order valence-electron chi connectivity index (χ4n) is 3.31. The van der Waals surface area contributed by atoms with Crippen LogP contribution in [0.3, 0.4) is 0 Å². The number of amides is 1. The van der Waals surface area contributed by atoms with Gasteiger partial charge in [-0.2, -0.15) is 0 Å². The van der Waals surface area contributed by atoms with E-state index in [2.05, 4.69) is 20.6 Å². The highest BCUT2D eigenvalue weighted by Gasteiger charge is 2.17. The molecule has 8 heteroatoms. The van der Waals surface area contributed by atoms with Crippen molar-refractivity contribution in [3.8, 4) is 11.1 Å². The van der Waals surface area contributed by atoms with Gasteiger partial charge < -0.3 is 10.6 Å². The summed E-state index contributed by atoms with van der Waals surface area (Å²) in [5, 5.41) is 10.3. The fraction of sp³-hybridized carbons (Fsp3) is 0.350. The van der Waals surface area contributed by atoms with Crippen molar-refractivity contribution >= 4 is 39.2 Å². The lowest BCUT2D eigenvalue weighted by Crippen LogP contribution is -2.42. The van der Waals surface area contributed by atoms with Gasteiger partial charge >= 0.3 is 0 Å². The smallest absolute Gasteiger partial charge is 0.221 e. The highest BCUT2D eigenvalue weighted by molar-refractivity contribution is 7.99. The molecule has 1 aliphatic rings. The maximum Gasteiger partial charge on any atom is 0.221 e. The van der Waals surface area contributed by atoms with E-state index in [-0.39, 0.29) is 17.8 Å². The number of nitrogens with zero attached hydrogens (tertiary/aromatic N) is 2. The standard InChI is InChI=1S/C20H21FN4OS2/c21-14-3-1-13(2-4-14)16-11-28-20-18(16)19(23-12-24-20)27-10-7-17(26)25-15-5-8-22-9-6-15/h1-4,11-12,15,22H,5-10H2,(H,25,26). The molecule has 4 rings (SSSR count). The normalized spacial score (nSPS) is 15.0. The lowest BCUT2D eigenvalue weighted by atomic mass is 10.1. The monoisotopic (exact) mass is 416 g/mol. The van der Waals surface area contributed by atoms with E-state index < -0.39 is 0 Å². The fourth-order valence-corrected chi connectivity index (χ4v) is 5.24. The maximum absolute atomic E-state index is 13.3. The Hall–Kier alpha value is -2.03. The average molecular weight is 417 g/mol. The van der Waals surface area contributed by atoms with Crippen molar-refractivity contribution in [3.63, 3.8) is 0 Å². The van der Waals surface area contributed by atoms with Crippen molar-refractivity contribution in [1.82, 2.24) is 20.6 Å². The predicted molar refractivity (Wildman–Crippen MR) is 112 cm³/mol. The summed E-state index contributed by atoms with van der Waals surface area (Å²) >= 11 is 3.11. The van der Waals surface area contributed by atoms with Gasteiger partial charge in [-0.1, -0.05) is 12.1 Å². The third-order valence-corrected chi connectivity index (χ3v) is 6.64. The van der Waals surface area contributed by atoms with E-state index in [1.54, 1.807) is 41.6 Å². The Morgan fingerprint density at radius 1 is 1.25 bits per heavy atom. The molecule has 1 aliphatic heterocycles. The molecule has 2 N–H and O–H groups in total. The maximum atomic E-state index is 13.3. The first-order chi connectivity index (χ1) is 13.7. The van der Waals surface area contributed by atoms with E-state index in [1.807, 2.05) is 5.38 Å². The van der Waals surface area contributed by atoms with Gasteiger partial charge in [-0.25, -0.2) is 14.4 Å². The number of carbonyl (C=O) groups excluding carboxylic acids is 1. The number of fused-ring (bicyclic) bond motifs is 1. The first-order valence-electron chi connectivity index (χ1n) is 9.32. The third-order valence-electron chi connectivity index (χ3n) is 4.76. The molecule has 3 aromatic rings. The first-order valence-corrected chi connectivity index (χ1v) is 11.2. The van der Waals surface area contributed by atoms with Crippen LogP contribution in [-0.4, -0.2) is 40.8 Å². The van der Waals surface area contributed by atoms with Crippen molar-refractivity contribution in [2.24, 2.45) is 0 Å². The molecular weight excluding hydrogens is 395 g/mol. The molecule has 5 nitrogen and oxygen atoms in total. The summed E-state index contributed by atoms with van der Waals surface area (Å²) in [6, 6.07) is 6.74. The van der Waals surface area contributed by atoms with E-state index in [0.29, 0.717) is 12.2 Å². The summed E-state index contributed by atoms with van der Waals surface area (Å²) in [6.07, 6.45) is 3.99. The van der Waals surface area contributed by atoms with E-state index in [4.69, 9.17) is 0 Å². The van der Waals surface area contributed by atoms with E-state index in [1.165, 1.54) is 12.1 Å². The van der Waals surface area contributed by atoms with Crippen molar-refractivity contribution < 1.29 is 9.18 Å². The molecule has 1 saturated heterocycles. The van der Waals surface area contributed by atoms with Gasteiger partial charge in [-0.15, -0.1) is 23.1 Å². The van der Waals surface area contributed by atoms with Gasteiger partial charge in [0.1, 0.15) is 22.0 Å². The van der Waals surface area contributed by atoms with Crippen molar-refractivity contribution in [2.75, 3.05) is 18.8 Å². The molecule has 1 fully saturated rings. The summed E-state index contributed by atoms with van der Waals surface area (Å²) < 4.78 is 13.3. The minimum absolute atomic E-state index is 0.0915. The molecule has 0 atom stereocenters. The number of carbonyl (C=O) groups is 1. The largest absolute Gasteiger partial charge is 0.353 e. The molecule has 1 amide bonds.